The maximum absolute atomic E-state index is 12.0. The molecule has 1 amide bonds. The van der Waals surface area contributed by atoms with Gasteiger partial charge in [-0.1, -0.05) is 0 Å². The average molecular weight is 595 g/mol. The first-order valence-corrected chi connectivity index (χ1v) is 14.0. The summed E-state index contributed by atoms with van der Waals surface area (Å²) in [4.78, 5) is 12.0. The van der Waals surface area contributed by atoms with Crippen molar-refractivity contribution >= 4 is 5.91 Å². The number of carbonyl (C=O) groups excluding carboxylic acids is 1. The third-order valence-corrected chi connectivity index (χ3v) is 8.18. The molecule has 238 valence electrons. The van der Waals surface area contributed by atoms with Crippen LogP contribution in [0.1, 0.15) is 19.3 Å². The molecule has 1 aliphatic carbocycles. The van der Waals surface area contributed by atoms with Crippen LogP contribution in [0.25, 0.3) is 0 Å². The third kappa shape index (κ3) is 7.17. The summed E-state index contributed by atoms with van der Waals surface area (Å²) >= 11 is 0. The van der Waals surface area contributed by atoms with E-state index in [2.05, 4.69) is 16.0 Å². The molecule has 4 aliphatic rings. The van der Waals surface area contributed by atoms with Gasteiger partial charge in [-0.3, -0.25) is 4.79 Å². The van der Waals surface area contributed by atoms with Crippen LogP contribution in [0.2, 0.25) is 0 Å². The normalized spacial score (nSPS) is 48.8. The molecule has 41 heavy (non-hydrogen) atoms. The second-order valence-corrected chi connectivity index (χ2v) is 11.2. The quantitative estimate of drug-likeness (QED) is 0.118. The fourth-order valence-electron chi connectivity index (χ4n) is 6.03. The lowest BCUT2D eigenvalue weighted by Gasteiger charge is -2.51. The molecule has 1 saturated carbocycles. The van der Waals surface area contributed by atoms with Gasteiger partial charge in [0.15, 0.2) is 18.9 Å². The minimum absolute atomic E-state index is 0.0457. The van der Waals surface area contributed by atoms with E-state index in [-0.39, 0.29) is 19.0 Å². The van der Waals surface area contributed by atoms with Crippen molar-refractivity contribution in [1.29, 1.82) is 0 Å². The summed E-state index contributed by atoms with van der Waals surface area (Å²) in [6.07, 6.45) is -11.4. The van der Waals surface area contributed by atoms with Crippen LogP contribution in [-0.2, 0) is 28.5 Å². The Balaban J connectivity index is 1.41. The Kier molecular flexibility index (Phi) is 11.3. The number of nitrogens with two attached hydrogens (primary N) is 3. The fraction of sp³-hybridized carbons (Fsp3) is 0.958. The third-order valence-electron chi connectivity index (χ3n) is 8.18. The van der Waals surface area contributed by atoms with Crippen molar-refractivity contribution in [3.63, 3.8) is 0 Å². The highest BCUT2D eigenvalue weighted by Gasteiger charge is 2.54. The molecule has 12 unspecified atom stereocenters. The Morgan fingerprint density at radius 1 is 0.854 bits per heavy atom. The molecule has 3 heterocycles. The Hall–Kier alpha value is -1.13. The van der Waals surface area contributed by atoms with E-state index >= 15 is 0 Å². The summed E-state index contributed by atoms with van der Waals surface area (Å²) in [7, 11) is 3.13. The van der Waals surface area contributed by atoms with Gasteiger partial charge in [-0.2, -0.15) is 0 Å². The van der Waals surface area contributed by atoms with Gasteiger partial charge < -0.3 is 82.4 Å². The molecule has 17 nitrogen and oxygen atoms in total. The van der Waals surface area contributed by atoms with Crippen molar-refractivity contribution in [1.82, 2.24) is 16.0 Å². The van der Waals surface area contributed by atoms with E-state index in [9.17, 15) is 30.3 Å². The number of ether oxygens (including phenoxy) is 5. The Bertz CT molecular complexity index is 849. The average Bonchev–Trinajstić information content (AvgIpc) is 2.91. The standard InChI is InChI=1S/C24H46N6O11/c1-28-6-14(33)30-15-13(7-31)38-24(19(36)17(15)34)41-23-16(29-2)18(35)21-12(37-23)5-10(27)22(40-21)39-20-9(26)3-8(25)4-11(20)32/h8-13,15-24,28-29,31-32,34-36H,3-7,25-27H2,1-2H3,(H,30,33)/t8-,9?,10+,11-,12+,13?,15?,16?,17?,18?,19?,20?,21?,22?,23?,24?/m1/s1. The van der Waals surface area contributed by atoms with Crippen LogP contribution in [-0.4, -0.2) is 157 Å². The molecule has 17 heteroatoms. The molecular weight excluding hydrogens is 548 g/mol. The molecule has 3 saturated heterocycles. The Morgan fingerprint density at radius 2 is 1.59 bits per heavy atom. The molecule has 4 rings (SSSR count). The summed E-state index contributed by atoms with van der Waals surface area (Å²) in [5, 5.41) is 61.1. The van der Waals surface area contributed by atoms with Gasteiger partial charge in [-0.05, 0) is 33.4 Å². The van der Waals surface area contributed by atoms with Crippen LogP contribution in [0.5, 0.6) is 0 Å². The van der Waals surface area contributed by atoms with Crippen molar-refractivity contribution in [2.24, 2.45) is 17.2 Å². The van der Waals surface area contributed by atoms with Crippen molar-refractivity contribution in [2.45, 2.75) is 117 Å². The highest BCUT2D eigenvalue weighted by atomic mass is 16.8. The maximum Gasteiger partial charge on any atom is 0.234 e. The van der Waals surface area contributed by atoms with Gasteiger partial charge in [0.1, 0.15) is 36.6 Å². The van der Waals surface area contributed by atoms with Crippen molar-refractivity contribution in [3.8, 4) is 0 Å². The molecule has 4 fully saturated rings. The van der Waals surface area contributed by atoms with E-state index < -0.39 is 104 Å². The minimum Gasteiger partial charge on any atom is -0.394 e. The number of fused-ring (bicyclic) bond motifs is 1. The van der Waals surface area contributed by atoms with E-state index in [1.54, 1.807) is 14.1 Å². The van der Waals surface area contributed by atoms with E-state index in [1.165, 1.54) is 0 Å². The van der Waals surface area contributed by atoms with Crippen molar-refractivity contribution < 1.29 is 54.0 Å². The fourth-order valence-corrected chi connectivity index (χ4v) is 6.03. The lowest BCUT2D eigenvalue weighted by Crippen LogP contribution is -2.70. The topological polar surface area (TPSA) is 279 Å². The van der Waals surface area contributed by atoms with E-state index in [0.717, 1.165) is 0 Å². The first-order valence-electron chi connectivity index (χ1n) is 14.0. The van der Waals surface area contributed by atoms with Gasteiger partial charge in [0.05, 0.1) is 43.5 Å². The predicted molar refractivity (Wildman–Crippen MR) is 140 cm³/mol. The number of nitrogens with one attached hydrogen (secondary N) is 3. The number of hydrogen-bond acceptors (Lipinski definition) is 16. The highest BCUT2D eigenvalue weighted by Crippen LogP contribution is 2.35. The van der Waals surface area contributed by atoms with Gasteiger partial charge in [0, 0.05) is 12.1 Å². The zero-order valence-corrected chi connectivity index (χ0v) is 23.2. The van der Waals surface area contributed by atoms with Gasteiger partial charge >= 0.3 is 0 Å². The first kappa shape index (κ1) is 32.8. The number of amides is 1. The van der Waals surface area contributed by atoms with E-state index in [1.807, 2.05) is 0 Å². The lowest BCUT2D eigenvalue weighted by atomic mass is 9.86. The largest absolute Gasteiger partial charge is 0.394 e. The second-order valence-electron chi connectivity index (χ2n) is 11.2. The number of likely N-dealkylation sites (N-methyl/N-ethyl adjacent to an activating group) is 2. The molecular formula is C24H46N6O11. The van der Waals surface area contributed by atoms with Crippen LogP contribution in [0, 0.1) is 0 Å². The van der Waals surface area contributed by atoms with Gasteiger partial charge in [-0.25, -0.2) is 0 Å². The monoisotopic (exact) mass is 594 g/mol. The second kappa shape index (κ2) is 14.1. The Morgan fingerprint density at radius 3 is 2.22 bits per heavy atom. The molecule has 0 aromatic rings. The molecule has 0 aromatic carbocycles. The smallest absolute Gasteiger partial charge is 0.234 e. The molecule has 0 aromatic heterocycles. The molecule has 0 spiro atoms. The van der Waals surface area contributed by atoms with Gasteiger partial charge in [0.25, 0.3) is 0 Å². The maximum atomic E-state index is 12.0. The minimum atomic E-state index is -1.63. The number of hydrogen-bond donors (Lipinski definition) is 11. The summed E-state index contributed by atoms with van der Waals surface area (Å²) in [6.45, 7) is -0.631. The van der Waals surface area contributed by atoms with E-state index in [0.29, 0.717) is 12.8 Å². The van der Waals surface area contributed by atoms with Crippen LogP contribution < -0.4 is 33.2 Å². The van der Waals surface area contributed by atoms with Gasteiger partial charge in [0.2, 0.25) is 5.91 Å². The summed E-state index contributed by atoms with van der Waals surface area (Å²) < 4.78 is 29.7. The van der Waals surface area contributed by atoms with Crippen LogP contribution in [0.3, 0.4) is 0 Å². The van der Waals surface area contributed by atoms with Crippen LogP contribution >= 0.6 is 0 Å². The van der Waals surface area contributed by atoms with E-state index in [4.69, 9.17) is 40.9 Å². The van der Waals surface area contributed by atoms with Crippen molar-refractivity contribution in [3.05, 3.63) is 0 Å². The van der Waals surface area contributed by atoms with Crippen LogP contribution in [0.4, 0.5) is 0 Å². The summed E-state index contributed by atoms with van der Waals surface area (Å²) in [5.41, 5.74) is 18.4. The number of rotatable bonds is 9. The molecule has 14 N–H and O–H groups in total. The lowest BCUT2D eigenvalue weighted by molar-refractivity contribution is -0.373. The van der Waals surface area contributed by atoms with Crippen LogP contribution in [0.15, 0.2) is 0 Å². The zero-order chi connectivity index (χ0) is 30.0. The Labute approximate surface area is 237 Å². The number of aliphatic hydroxyl groups is 5. The molecule has 16 atom stereocenters. The first-order chi connectivity index (χ1) is 19.5. The molecule has 0 bridgehead atoms. The number of carbonyl (C=O) groups is 1. The highest BCUT2D eigenvalue weighted by molar-refractivity contribution is 5.78. The predicted octanol–water partition coefficient (Wildman–Crippen LogP) is -6.54. The zero-order valence-electron chi connectivity index (χ0n) is 23.2. The van der Waals surface area contributed by atoms with Crippen molar-refractivity contribution in [2.75, 3.05) is 27.2 Å². The molecule has 3 aliphatic heterocycles. The summed E-state index contributed by atoms with van der Waals surface area (Å²) in [5.74, 6) is -0.468. The molecule has 0 radical (unpaired) electrons. The number of aliphatic hydroxyl groups excluding tert-OH is 5. The SMILES string of the molecule is CNCC(=O)NC1C(CO)OC(OC2O[C@H]3C[C@H](N)C(OC4C(N)C[C@@H](N)C[C@H]4O)OC3C(O)C2NC)C(O)C1O. The van der Waals surface area contributed by atoms with Gasteiger partial charge in [-0.15, -0.1) is 0 Å². The summed E-state index contributed by atoms with van der Waals surface area (Å²) in [6, 6.07) is -3.46.